The summed E-state index contributed by atoms with van der Waals surface area (Å²) in [4.78, 5) is 22.7. The lowest BCUT2D eigenvalue weighted by atomic mass is 10.1. The van der Waals surface area contributed by atoms with Gasteiger partial charge in [-0.2, -0.15) is 0 Å². The second-order valence-corrected chi connectivity index (χ2v) is 7.28. The van der Waals surface area contributed by atoms with Crippen LogP contribution in [0.15, 0.2) is 12.2 Å². The summed E-state index contributed by atoms with van der Waals surface area (Å²) in [7, 11) is 0. The van der Waals surface area contributed by atoms with Crippen molar-refractivity contribution in [1.29, 1.82) is 0 Å². The normalized spacial score (nSPS) is 11.4. The Hall–Kier alpha value is -1.12. The van der Waals surface area contributed by atoms with Crippen LogP contribution in [0.2, 0.25) is 0 Å². The molecule has 0 unspecified atom stereocenters. The molecule has 25 heavy (non-hydrogen) atoms. The zero-order chi connectivity index (χ0) is 18.8. The molecular formula is C22H40O3. The van der Waals surface area contributed by atoms with Crippen LogP contribution in [-0.4, -0.2) is 11.9 Å². The van der Waals surface area contributed by atoms with Crippen LogP contribution in [0.25, 0.3) is 0 Å². The molecule has 0 N–H and O–H groups in total. The molecule has 0 aromatic rings. The fraction of sp³-hybridized carbons (Fsp3) is 0.818. The molecule has 0 rings (SSSR count). The van der Waals surface area contributed by atoms with Crippen LogP contribution >= 0.6 is 0 Å². The number of esters is 2. The highest BCUT2D eigenvalue weighted by Gasteiger charge is 2.13. The number of ether oxygens (including phenoxy) is 1. The van der Waals surface area contributed by atoms with E-state index in [1.807, 2.05) is 0 Å². The molecule has 0 saturated heterocycles. The minimum atomic E-state index is -0.419. The first-order valence-electron chi connectivity index (χ1n) is 10.5. The summed E-state index contributed by atoms with van der Waals surface area (Å²) >= 11 is 0. The number of hydrogen-bond acceptors (Lipinski definition) is 3. The Labute approximate surface area is 155 Å². The highest BCUT2D eigenvalue weighted by atomic mass is 16.6. The Morgan fingerprint density at radius 1 is 0.760 bits per heavy atom. The number of carbonyl (C=O) groups is 2. The van der Waals surface area contributed by atoms with Gasteiger partial charge in [0, 0.05) is 6.42 Å². The zero-order valence-electron chi connectivity index (χ0n) is 16.9. The molecule has 0 aromatic carbocycles. The fourth-order valence-electron chi connectivity index (χ4n) is 2.62. The number of allylic oxidation sites excluding steroid dienone is 2. The van der Waals surface area contributed by atoms with Crippen LogP contribution in [-0.2, 0) is 14.3 Å². The second-order valence-electron chi connectivity index (χ2n) is 7.28. The van der Waals surface area contributed by atoms with Gasteiger partial charge >= 0.3 is 11.9 Å². The van der Waals surface area contributed by atoms with Gasteiger partial charge in [-0.25, -0.2) is 0 Å². The van der Waals surface area contributed by atoms with Crippen LogP contribution in [0.5, 0.6) is 0 Å². The van der Waals surface area contributed by atoms with Crippen LogP contribution in [0.1, 0.15) is 111 Å². The lowest BCUT2D eigenvalue weighted by molar-refractivity contribution is -0.162. The van der Waals surface area contributed by atoms with E-state index in [1.165, 1.54) is 64.2 Å². The van der Waals surface area contributed by atoms with Crippen molar-refractivity contribution in [1.82, 2.24) is 0 Å². The molecule has 0 aliphatic rings. The van der Waals surface area contributed by atoms with Crippen LogP contribution < -0.4 is 0 Å². The van der Waals surface area contributed by atoms with E-state index in [-0.39, 0.29) is 11.9 Å². The standard InChI is InChI=1S/C22H40O3/c1-4-5-6-7-8-9-10-11-12-13-14-15-16-17-18-19-21(23)25-22(24)20(2)3/h11-12,20H,4-10,13-19H2,1-3H3. The predicted octanol–water partition coefficient (Wildman–Crippen LogP) is 6.75. The highest BCUT2D eigenvalue weighted by Crippen LogP contribution is 2.10. The van der Waals surface area contributed by atoms with E-state index in [0.717, 1.165) is 19.3 Å². The molecule has 3 nitrogen and oxygen atoms in total. The van der Waals surface area contributed by atoms with Gasteiger partial charge in [0.05, 0.1) is 5.92 Å². The molecule has 0 amide bonds. The van der Waals surface area contributed by atoms with Crippen molar-refractivity contribution in [2.24, 2.45) is 5.92 Å². The number of rotatable bonds is 16. The van der Waals surface area contributed by atoms with Crippen molar-refractivity contribution in [3.63, 3.8) is 0 Å². The molecule has 146 valence electrons. The highest BCUT2D eigenvalue weighted by molar-refractivity contribution is 5.86. The first-order valence-corrected chi connectivity index (χ1v) is 10.5. The first-order chi connectivity index (χ1) is 12.1. The molecule has 0 atom stereocenters. The maximum absolute atomic E-state index is 11.4. The summed E-state index contributed by atoms with van der Waals surface area (Å²) in [6.45, 7) is 5.72. The summed E-state index contributed by atoms with van der Waals surface area (Å²) in [6.07, 6.45) is 21.0. The zero-order valence-corrected chi connectivity index (χ0v) is 16.9. The molecule has 0 aliphatic carbocycles. The molecule has 3 heteroatoms. The van der Waals surface area contributed by atoms with Gasteiger partial charge in [-0.1, -0.05) is 84.3 Å². The average Bonchev–Trinajstić information content (AvgIpc) is 2.58. The Balaban J connectivity index is 3.29. The van der Waals surface area contributed by atoms with Gasteiger partial charge in [0.15, 0.2) is 0 Å². The molecule has 0 fully saturated rings. The lowest BCUT2D eigenvalue weighted by Crippen LogP contribution is -2.16. The van der Waals surface area contributed by atoms with Gasteiger partial charge in [0.25, 0.3) is 0 Å². The van der Waals surface area contributed by atoms with E-state index >= 15 is 0 Å². The van der Waals surface area contributed by atoms with Gasteiger partial charge in [0.2, 0.25) is 0 Å². The number of carbonyl (C=O) groups excluding carboxylic acids is 2. The third-order valence-corrected chi connectivity index (χ3v) is 4.33. The van der Waals surface area contributed by atoms with E-state index in [4.69, 9.17) is 4.74 Å². The molecule has 0 bridgehead atoms. The summed E-state index contributed by atoms with van der Waals surface area (Å²) < 4.78 is 4.74. The SMILES string of the molecule is CCCCCCCCC=CCCCCCCCC(=O)OC(=O)C(C)C. The lowest BCUT2D eigenvalue weighted by Gasteiger charge is -2.05. The smallest absolute Gasteiger partial charge is 0.316 e. The van der Waals surface area contributed by atoms with Gasteiger partial charge in [-0.15, -0.1) is 0 Å². The van der Waals surface area contributed by atoms with Crippen molar-refractivity contribution in [3.8, 4) is 0 Å². The van der Waals surface area contributed by atoms with Gasteiger partial charge in [-0.3, -0.25) is 9.59 Å². The Bertz CT molecular complexity index is 358. The van der Waals surface area contributed by atoms with Crippen molar-refractivity contribution in [3.05, 3.63) is 12.2 Å². The topological polar surface area (TPSA) is 43.4 Å². The third kappa shape index (κ3) is 17.5. The van der Waals surface area contributed by atoms with Crippen LogP contribution in [0, 0.1) is 5.92 Å². The molecule has 0 heterocycles. The van der Waals surface area contributed by atoms with E-state index in [1.54, 1.807) is 13.8 Å². The predicted molar refractivity (Wildman–Crippen MR) is 105 cm³/mol. The van der Waals surface area contributed by atoms with Gasteiger partial charge in [-0.05, 0) is 32.1 Å². The monoisotopic (exact) mass is 352 g/mol. The third-order valence-electron chi connectivity index (χ3n) is 4.33. The van der Waals surface area contributed by atoms with Crippen molar-refractivity contribution >= 4 is 11.9 Å². The second kappa shape index (κ2) is 17.7. The van der Waals surface area contributed by atoms with Crippen molar-refractivity contribution in [2.45, 2.75) is 111 Å². The van der Waals surface area contributed by atoms with Crippen molar-refractivity contribution in [2.75, 3.05) is 0 Å². The Kier molecular flexibility index (Phi) is 16.9. The molecule has 0 aliphatic heterocycles. The largest absolute Gasteiger partial charge is 0.393 e. The summed E-state index contributed by atoms with van der Waals surface area (Å²) in [5.41, 5.74) is 0. The summed E-state index contributed by atoms with van der Waals surface area (Å²) in [6, 6.07) is 0. The van der Waals surface area contributed by atoms with Crippen LogP contribution in [0.4, 0.5) is 0 Å². The fourth-order valence-corrected chi connectivity index (χ4v) is 2.62. The van der Waals surface area contributed by atoms with Gasteiger partial charge in [0.1, 0.15) is 0 Å². The maximum Gasteiger partial charge on any atom is 0.316 e. The van der Waals surface area contributed by atoms with E-state index in [2.05, 4.69) is 19.1 Å². The number of hydrogen-bond donors (Lipinski definition) is 0. The first kappa shape index (κ1) is 23.9. The van der Waals surface area contributed by atoms with Crippen LogP contribution in [0.3, 0.4) is 0 Å². The molecule has 0 aromatic heterocycles. The van der Waals surface area contributed by atoms with E-state index in [9.17, 15) is 9.59 Å². The molecule has 0 spiro atoms. The minimum absolute atomic E-state index is 0.238. The van der Waals surface area contributed by atoms with Crippen molar-refractivity contribution < 1.29 is 14.3 Å². The molecule has 0 saturated carbocycles. The summed E-state index contributed by atoms with van der Waals surface area (Å²) in [5.74, 6) is -1.04. The van der Waals surface area contributed by atoms with Gasteiger partial charge < -0.3 is 4.74 Å². The molecular weight excluding hydrogens is 312 g/mol. The Morgan fingerprint density at radius 3 is 1.76 bits per heavy atom. The number of unbranched alkanes of at least 4 members (excludes halogenated alkanes) is 11. The van der Waals surface area contributed by atoms with E-state index < -0.39 is 5.97 Å². The average molecular weight is 353 g/mol. The molecule has 0 radical (unpaired) electrons. The minimum Gasteiger partial charge on any atom is -0.393 e. The quantitative estimate of drug-likeness (QED) is 0.133. The Morgan fingerprint density at radius 2 is 1.24 bits per heavy atom. The summed E-state index contributed by atoms with van der Waals surface area (Å²) in [5, 5.41) is 0. The van der Waals surface area contributed by atoms with E-state index in [0.29, 0.717) is 6.42 Å². The maximum atomic E-state index is 11.4.